The largest absolute Gasteiger partial charge is 0.487 e. The third-order valence-electron chi connectivity index (χ3n) is 2.94. The summed E-state index contributed by atoms with van der Waals surface area (Å²) in [6, 6.07) is 17.7. The summed E-state index contributed by atoms with van der Waals surface area (Å²) >= 11 is 0. The first-order chi connectivity index (χ1) is 9.92. The summed E-state index contributed by atoms with van der Waals surface area (Å²) in [6.45, 7) is 0.456. The number of benzene rings is 1. The van der Waals surface area contributed by atoms with Crippen molar-refractivity contribution in [3.05, 3.63) is 78.9 Å². The van der Waals surface area contributed by atoms with Crippen molar-refractivity contribution in [2.24, 2.45) is 0 Å². The lowest BCUT2D eigenvalue weighted by Gasteiger charge is -2.07. The molecular formula is C17H14N2O. The maximum atomic E-state index is 5.70. The molecule has 0 N–H and O–H groups in total. The molecule has 0 saturated heterocycles. The minimum atomic E-state index is 0.456. The molecule has 2 aromatic heterocycles. The fourth-order valence-corrected chi connectivity index (χ4v) is 1.94. The Morgan fingerprint density at radius 2 is 1.75 bits per heavy atom. The van der Waals surface area contributed by atoms with Crippen molar-refractivity contribution in [2.45, 2.75) is 6.61 Å². The number of rotatable bonds is 4. The summed E-state index contributed by atoms with van der Waals surface area (Å²) in [7, 11) is 0. The zero-order chi connectivity index (χ0) is 13.6. The SMILES string of the molecule is c1ccc(OCc2cc(-c3cccnc3)ccn2)cc1. The maximum Gasteiger partial charge on any atom is 0.130 e. The quantitative estimate of drug-likeness (QED) is 0.718. The molecule has 0 atom stereocenters. The van der Waals surface area contributed by atoms with Crippen molar-refractivity contribution in [1.29, 1.82) is 0 Å². The standard InChI is InChI=1S/C17H14N2O/c1-2-6-17(7-3-1)20-13-16-11-14(8-10-19-16)15-5-4-9-18-12-15/h1-12H,13H2. The number of hydrogen-bond acceptors (Lipinski definition) is 3. The van der Waals surface area contributed by atoms with E-state index in [0.29, 0.717) is 6.61 Å². The van der Waals surface area contributed by atoms with Crippen molar-refractivity contribution >= 4 is 0 Å². The Morgan fingerprint density at radius 3 is 2.55 bits per heavy atom. The summed E-state index contributed by atoms with van der Waals surface area (Å²) in [5.41, 5.74) is 3.07. The molecule has 2 heterocycles. The van der Waals surface area contributed by atoms with E-state index in [-0.39, 0.29) is 0 Å². The highest BCUT2D eigenvalue weighted by Crippen LogP contribution is 2.19. The first-order valence-electron chi connectivity index (χ1n) is 6.45. The van der Waals surface area contributed by atoms with E-state index in [2.05, 4.69) is 9.97 Å². The third-order valence-corrected chi connectivity index (χ3v) is 2.94. The highest BCUT2D eigenvalue weighted by molar-refractivity contribution is 5.62. The summed E-state index contributed by atoms with van der Waals surface area (Å²) < 4.78 is 5.70. The van der Waals surface area contributed by atoms with E-state index in [1.54, 1.807) is 12.4 Å². The molecule has 0 unspecified atom stereocenters. The molecule has 0 aliphatic heterocycles. The molecule has 0 spiro atoms. The van der Waals surface area contributed by atoms with Crippen molar-refractivity contribution in [2.75, 3.05) is 0 Å². The van der Waals surface area contributed by atoms with Crippen molar-refractivity contribution in [1.82, 2.24) is 9.97 Å². The minimum Gasteiger partial charge on any atom is -0.487 e. The van der Waals surface area contributed by atoms with Crippen LogP contribution in [0.5, 0.6) is 5.75 Å². The van der Waals surface area contributed by atoms with Crippen LogP contribution in [0, 0.1) is 0 Å². The second kappa shape index (κ2) is 5.97. The molecule has 0 bridgehead atoms. The van der Waals surface area contributed by atoms with E-state index in [0.717, 1.165) is 22.6 Å². The first kappa shape index (κ1) is 12.4. The molecule has 0 fully saturated rings. The lowest BCUT2D eigenvalue weighted by Crippen LogP contribution is -1.98. The van der Waals surface area contributed by atoms with E-state index in [1.807, 2.05) is 60.8 Å². The Labute approximate surface area is 117 Å². The molecule has 20 heavy (non-hydrogen) atoms. The minimum absolute atomic E-state index is 0.456. The lowest BCUT2D eigenvalue weighted by atomic mass is 10.1. The number of pyridine rings is 2. The van der Waals surface area contributed by atoms with Crippen LogP contribution >= 0.6 is 0 Å². The van der Waals surface area contributed by atoms with Crippen LogP contribution in [0.25, 0.3) is 11.1 Å². The predicted octanol–water partition coefficient (Wildman–Crippen LogP) is 3.72. The summed E-state index contributed by atoms with van der Waals surface area (Å²) in [5, 5.41) is 0. The highest BCUT2D eigenvalue weighted by Gasteiger charge is 2.01. The van der Waals surface area contributed by atoms with Crippen molar-refractivity contribution in [3.63, 3.8) is 0 Å². The number of para-hydroxylation sites is 1. The zero-order valence-electron chi connectivity index (χ0n) is 10.9. The van der Waals surface area contributed by atoms with E-state index < -0.39 is 0 Å². The van der Waals surface area contributed by atoms with E-state index in [1.165, 1.54) is 0 Å². The normalized spacial score (nSPS) is 10.2. The molecule has 3 aromatic rings. The number of aromatic nitrogens is 2. The Morgan fingerprint density at radius 1 is 0.850 bits per heavy atom. The topological polar surface area (TPSA) is 35.0 Å². The van der Waals surface area contributed by atoms with Gasteiger partial charge in [0.05, 0.1) is 5.69 Å². The van der Waals surface area contributed by atoms with E-state index in [4.69, 9.17) is 4.74 Å². The molecule has 1 aromatic carbocycles. The molecule has 3 rings (SSSR count). The van der Waals surface area contributed by atoms with Crippen LogP contribution in [0.2, 0.25) is 0 Å². The second-order valence-electron chi connectivity index (χ2n) is 4.38. The molecule has 0 aliphatic carbocycles. The van der Waals surface area contributed by atoms with Crippen molar-refractivity contribution in [3.8, 4) is 16.9 Å². The van der Waals surface area contributed by atoms with Crippen LogP contribution in [0.15, 0.2) is 73.2 Å². The van der Waals surface area contributed by atoms with Gasteiger partial charge in [0, 0.05) is 24.2 Å². The lowest BCUT2D eigenvalue weighted by molar-refractivity contribution is 0.301. The van der Waals surface area contributed by atoms with Gasteiger partial charge < -0.3 is 4.74 Å². The molecule has 0 saturated carbocycles. The van der Waals surface area contributed by atoms with Crippen LogP contribution in [0.3, 0.4) is 0 Å². The van der Waals surface area contributed by atoms with Crippen LogP contribution in [0.1, 0.15) is 5.69 Å². The van der Waals surface area contributed by atoms with Crippen LogP contribution in [-0.4, -0.2) is 9.97 Å². The van der Waals surface area contributed by atoms with E-state index >= 15 is 0 Å². The van der Waals surface area contributed by atoms with Gasteiger partial charge in [0.1, 0.15) is 12.4 Å². The van der Waals surface area contributed by atoms with Gasteiger partial charge in [-0.3, -0.25) is 9.97 Å². The Hall–Kier alpha value is -2.68. The van der Waals surface area contributed by atoms with E-state index in [9.17, 15) is 0 Å². The maximum absolute atomic E-state index is 5.70. The van der Waals surface area contributed by atoms with Gasteiger partial charge in [-0.15, -0.1) is 0 Å². The monoisotopic (exact) mass is 262 g/mol. The molecule has 0 radical (unpaired) electrons. The Balaban J connectivity index is 1.75. The fraction of sp³-hybridized carbons (Fsp3) is 0.0588. The van der Waals surface area contributed by atoms with Crippen LogP contribution in [-0.2, 0) is 6.61 Å². The second-order valence-corrected chi connectivity index (χ2v) is 4.38. The molecular weight excluding hydrogens is 248 g/mol. The van der Waals surface area contributed by atoms with Crippen LogP contribution in [0.4, 0.5) is 0 Å². The summed E-state index contributed by atoms with van der Waals surface area (Å²) in [6.07, 6.45) is 5.41. The van der Waals surface area contributed by atoms with Gasteiger partial charge >= 0.3 is 0 Å². The molecule has 0 aliphatic rings. The van der Waals surface area contributed by atoms with Crippen LogP contribution < -0.4 is 4.74 Å². The highest BCUT2D eigenvalue weighted by atomic mass is 16.5. The van der Waals surface area contributed by atoms with Gasteiger partial charge in [0.25, 0.3) is 0 Å². The van der Waals surface area contributed by atoms with Gasteiger partial charge in [-0.05, 0) is 35.9 Å². The average Bonchev–Trinajstić information content (AvgIpc) is 2.55. The predicted molar refractivity (Wildman–Crippen MR) is 78.2 cm³/mol. The smallest absolute Gasteiger partial charge is 0.130 e. The molecule has 3 nitrogen and oxygen atoms in total. The zero-order valence-corrected chi connectivity index (χ0v) is 10.9. The first-order valence-corrected chi connectivity index (χ1v) is 6.45. The Kier molecular flexibility index (Phi) is 3.69. The van der Waals surface area contributed by atoms with Gasteiger partial charge in [-0.2, -0.15) is 0 Å². The van der Waals surface area contributed by atoms with Gasteiger partial charge in [-0.25, -0.2) is 0 Å². The number of ether oxygens (including phenoxy) is 1. The number of hydrogen-bond donors (Lipinski definition) is 0. The fourth-order valence-electron chi connectivity index (χ4n) is 1.94. The molecule has 3 heteroatoms. The number of nitrogens with zero attached hydrogens (tertiary/aromatic N) is 2. The third kappa shape index (κ3) is 3.01. The summed E-state index contributed by atoms with van der Waals surface area (Å²) in [4.78, 5) is 8.47. The summed E-state index contributed by atoms with van der Waals surface area (Å²) in [5.74, 6) is 0.848. The molecule has 0 amide bonds. The molecule has 98 valence electrons. The van der Waals surface area contributed by atoms with Gasteiger partial charge in [0.15, 0.2) is 0 Å². The Bertz CT molecular complexity index is 669. The average molecular weight is 262 g/mol. The van der Waals surface area contributed by atoms with Gasteiger partial charge in [0.2, 0.25) is 0 Å². The van der Waals surface area contributed by atoms with Gasteiger partial charge in [-0.1, -0.05) is 24.3 Å². The van der Waals surface area contributed by atoms with Crippen molar-refractivity contribution < 1.29 is 4.74 Å².